The number of ether oxygens (including phenoxy) is 1. The van der Waals surface area contributed by atoms with Crippen LogP contribution in [0.2, 0.25) is 10.0 Å². The molecule has 0 aromatic heterocycles. The molecule has 1 aromatic carbocycles. The Kier molecular flexibility index (Phi) is 5.08. The van der Waals surface area contributed by atoms with Gasteiger partial charge < -0.3 is 10.1 Å². The zero-order valence-electron chi connectivity index (χ0n) is 9.09. The van der Waals surface area contributed by atoms with Crippen molar-refractivity contribution < 1.29 is 9.53 Å². The second-order valence-corrected chi connectivity index (χ2v) is 4.04. The van der Waals surface area contributed by atoms with Crippen LogP contribution in [0, 0.1) is 11.3 Å². The number of carbonyl (C=O) groups excluding carboxylic acids is 1. The van der Waals surface area contributed by atoms with Gasteiger partial charge in [-0.25, -0.2) is 0 Å². The number of rotatable bonds is 4. The highest BCUT2D eigenvalue weighted by atomic mass is 35.5. The van der Waals surface area contributed by atoms with Crippen LogP contribution in [0.25, 0.3) is 0 Å². The van der Waals surface area contributed by atoms with Crippen molar-refractivity contribution in [1.29, 1.82) is 5.26 Å². The second kappa shape index (κ2) is 6.33. The summed E-state index contributed by atoms with van der Waals surface area (Å²) in [5.74, 6) is 0.131. The molecule has 0 unspecified atom stereocenters. The molecule has 1 aromatic rings. The van der Waals surface area contributed by atoms with Crippen LogP contribution in [-0.4, -0.2) is 19.6 Å². The molecule has 0 aliphatic carbocycles. The lowest BCUT2D eigenvalue weighted by Gasteiger charge is -2.10. The number of nitrogens with one attached hydrogen (secondary N) is 1. The van der Waals surface area contributed by atoms with Gasteiger partial charge >= 0.3 is 0 Å². The summed E-state index contributed by atoms with van der Waals surface area (Å²) in [6.07, 6.45) is 0.0606. The Balaban J connectivity index is 2.90. The summed E-state index contributed by atoms with van der Waals surface area (Å²) in [4.78, 5) is 11.5. The Morgan fingerprint density at radius 1 is 1.53 bits per heavy atom. The summed E-state index contributed by atoms with van der Waals surface area (Å²) in [6, 6.07) is 4.97. The van der Waals surface area contributed by atoms with E-state index in [2.05, 4.69) is 5.32 Å². The summed E-state index contributed by atoms with van der Waals surface area (Å²) < 4.78 is 5.10. The fraction of sp³-hybridized carbons (Fsp3) is 0.273. The molecule has 0 heterocycles. The van der Waals surface area contributed by atoms with E-state index in [4.69, 9.17) is 33.2 Å². The van der Waals surface area contributed by atoms with Gasteiger partial charge in [-0.3, -0.25) is 4.79 Å². The Morgan fingerprint density at radius 2 is 2.24 bits per heavy atom. The highest BCUT2D eigenvalue weighted by Gasteiger charge is 2.13. The van der Waals surface area contributed by atoms with Gasteiger partial charge in [0.2, 0.25) is 5.91 Å². The third-order valence-corrected chi connectivity index (χ3v) is 2.50. The van der Waals surface area contributed by atoms with Crippen molar-refractivity contribution in [3.8, 4) is 11.8 Å². The number of amides is 1. The maximum atomic E-state index is 11.5. The number of halogens is 2. The minimum Gasteiger partial charge on any atom is -0.495 e. The predicted octanol–water partition coefficient (Wildman–Crippen LogP) is 2.18. The van der Waals surface area contributed by atoms with E-state index in [1.54, 1.807) is 12.1 Å². The van der Waals surface area contributed by atoms with Gasteiger partial charge in [0.05, 0.1) is 24.6 Å². The fourth-order valence-corrected chi connectivity index (χ4v) is 1.96. The molecule has 0 bridgehead atoms. The molecular weight excluding hydrogens is 263 g/mol. The molecule has 0 fully saturated rings. The third kappa shape index (κ3) is 3.81. The Bertz CT molecular complexity index is 469. The van der Waals surface area contributed by atoms with Crippen molar-refractivity contribution in [1.82, 2.24) is 5.32 Å². The predicted molar refractivity (Wildman–Crippen MR) is 65.3 cm³/mol. The number of carbonyl (C=O) groups is 1. The first-order chi connectivity index (χ1) is 8.08. The molecule has 17 heavy (non-hydrogen) atoms. The Hall–Kier alpha value is -1.44. The summed E-state index contributed by atoms with van der Waals surface area (Å²) in [5.41, 5.74) is 0.584. The largest absolute Gasteiger partial charge is 0.495 e. The average molecular weight is 273 g/mol. The van der Waals surface area contributed by atoms with E-state index in [0.29, 0.717) is 21.4 Å². The second-order valence-electron chi connectivity index (χ2n) is 3.19. The van der Waals surface area contributed by atoms with E-state index in [9.17, 15) is 4.79 Å². The summed E-state index contributed by atoms with van der Waals surface area (Å²) in [5, 5.41) is 11.5. The number of nitriles is 1. The number of benzene rings is 1. The standard InChI is InChI=1S/C11H10Cl2N2O2/c1-17-11-7(4-8(12)6-9(11)13)5-10(16)15-3-2-14/h4,6H,3,5H2,1H3,(H,15,16). The Morgan fingerprint density at radius 3 is 2.82 bits per heavy atom. The fourth-order valence-electron chi connectivity index (χ4n) is 1.35. The van der Waals surface area contributed by atoms with E-state index in [1.807, 2.05) is 6.07 Å². The van der Waals surface area contributed by atoms with E-state index in [0.717, 1.165) is 0 Å². The van der Waals surface area contributed by atoms with Crippen LogP contribution < -0.4 is 10.1 Å². The SMILES string of the molecule is COc1c(Cl)cc(Cl)cc1CC(=O)NCC#N. The van der Waals surface area contributed by atoms with Crippen molar-refractivity contribution in [3.63, 3.8) is 0 Å². The van der Waals surface area contributed by atoms with Crippen molar-refractivity contribution in [2.24, 2.45) is 0 Å². The molecule has 0 atom stereocenters. The van der Waals surface area contributed by atoms with Gasteiger partial charge in [0.1, 0.15) is 12.3 Å². The first kappa shape index (κ1) is 13.6. The molecule has 0 saturated carbocycles. The van der Waals surface area contributed by atoms with Gasteiger partial charge in [0, 0.05) is 10.6 Å². The number of nitrogens with zero attached hydrogens (tertiary/aromatic N) is 1. The van der Waals surface area contributed by atoms with Crippen LogP contribution in [0.15, 0.2) is 12.1 Å². The van der Waals surface area contributed by atoms with Gasteiger partial charge in [-0.2, -0.15) is 5.26 Å². The molecular formula is C11H10Cl2N2O2. The molecule has 90 valence electrons. The van der Waals surface area contributed by atoms with Crippen molar-refractivity contribution in [2.45, 2.75) is 6.42 Å². The minimum absolute atomic E-state index is 0.0323. The first-order valence-electron chi connectivity index (χ1n) is 4.74. The van der Waals surface area contributed by atoms with E-state index in [-0.39, 0.29) is 18.9 Å². The zero-order valence-corrected chi connectivity index (χ0v) is 10.6. The van der Waals surface area contributed by atoms with Crippen LogP contribution in [0.3, 0.4) is 0 Å². The highest BCUT2D eigenvalue weighted by molar-refractivity contribution is 6.35. The molecule has 0 aliphatic rings. The van der Waals surface area contributed by atoms with Crippen LogP contribution >= 0.6 is 23.2 Å². The topological polar surface area (TPSA) is 62.1 Å². The molecule has 4 nitrogen and oxygen atoms in total. The van der Waals surface area contributed by atoms with Crippen LogP contribution in [0.5, 0.6) is 5.75 Å². The Labute approximate surface area is 109 Å². The van der Waals surface area contributed by atoms with E-state index < -0.39 is 0 Å². The number of hydrogen-bond acceptors (Lipinski definition) is 3. The smallest absolute Gasteiger partial charge is 0.225 e. The lowest BCUT2D eigenvalue weighted by Crippen LogP contribution is -2.25. The maximum Gasteiger partial charge on any atom is 0.225 e. The summed E-state index contributed by atoms with van der Waals surface area (Å²) >= 11 is 11.8. The van der Waals surface area contributed by atoms with Gasteiger partial charge in [-0.1, -0.05) is 23.2 Å². The number of methoxy groups -OCH3 is 1. The van der Waals surface area contributed by atoms with Crippen molar-refractivity contribution in [2.75, 3.05) is 13.7 Å². The lowest BCUT2D eigenvalue weighted by molar-refractivity contribution is -0.120. The minimum atomic E-state index is -0.289. The van der Waals surface area contributed by atoms with Crippen LogP contribution in [0.1, 0.15) is 5.56 Å². The monoisotopic (exact) mass is 272 g/mol. The quantitative estimate of drug-likeness (QED) is 0.855. The van der Waals surface area contributed by atoms with Gasteiger partial charge in [0.15, 0.2) is 0 Å². The van der Waals surface area contributed by atoms with Crippen LogP contribution in [0.4, 0.5) is 0 Å². The average Bonchev–Trinajstić information content (AvgIpc) is 2.25. The molecule has 0 aliphatic heterocycles. The lowest BCUT2D eigenvalue weighted by atomic mass is 10.1. The van der Waals surface area contributed by atoms with E-state index in [1.165, 1.54) is 7.11 Å². The molecule has 1 rings (SSSR count). The summed E-state index contributed by atoms with van der Waals surface area (Å²) in [6.45, 7) is -0.0323. The number of hydrogen-bond donors (Lipinski definition) is 1. The third-order valence-electron chi connectivity index (χ3n) is 2.01. The summed E-state index contributed by atoms with van der Waals surface area (Å²) in [7, 11) is 1.46. The maximum absolute atomic E-state index is 11.5. The molecule has 0 saturated heterocycles. The van der Waals surface area contributed by atoms with Crippen molar-refractivity contribution in [3.05, 3.63) is 27.7 Å². The van der Waals surface area contributed by atoms with Crippen LogP contribution in [-0.2, 0) is 11.2 Å². The first-order valence-corrected chi connectivity index (χ1v) is 5.49. The molecule has 1 amide bonds. The highest BCUT2D eigenvalue weighted by Crippen LogP contribution is 2.32. The molecule has 0 radical (unpaired) electrons. The normalized spacial score (nSPS) is 9.53. The van der Waals surface area contributed by atoms with Gasteiger partial charge in [-0.05, 0) is 12.1 Å². The molecule has 0 spiro atoms. The zero-order chi connectivity index (χ0) is 12.8. The van der Waals surface area contributed by atoms with Gasteiger partial charge in [-0.15, -0.1) is 0 Å². The van der Waals surface area contributed by atoms with Gasteiger partial charge in [0.25, 0.3) is 0 Å². The van der Waals surface area contributed by atoms with Crippen molar-refractivity contribution >= 4 is 29.1 Å². The molecule has 1 N–H and O–H groups in total. The van der Waals surface area contributed by atoms with E-state index >= 15 is 0 Å². The molecule has 6 heteroatoms.